The lowest BCUT2D eigenvalue weighted by molar-refractivity contribution is -0.690. The molecule has 4 nitrogen and oxygen atoms in total. The fraction of sp³-hybridized carbons (Fsp3) is 0.500. The van der Waals surface area contributed by atoms with Crippen molar-refractivity contribution in [2.75, 3.05) is 6.54 Å². The van der Waals surface area contributed by atoms with Gasteiger partial charge in [-0.25, -0.2) is 0 Å². The number of hydrogen-bond donors (Lipinski definition) is 2. The predicted molar refractivity (Wildman–Crippen MR) is 74.1 cm³/mol. The van der Waals surface area contributed by atoms with Crippen LogP contribution in [0.15, 0.2) is 28.7 Å². The van der Waals surface area contributed by atoms with Gasteiger partial charge in [0.15, 0.2) is 0 Å². The lowest BCUT2D eigenvalue weighted by Gasteiger charge is -2.20. The highest BCUT2D eigenvalue weighted by Gasteiger charge is 2.18. The number of carbonyl (C=O) groups is 1. The molecular weight excluding hydrogens is 310 g/mol. The Morgan fingerprint density at radius 3 is 2.42 bits per heavy atom. The van der Waals surface area contributed by atoms with Gasteiger partial charge in [-0.2, -0.15) is 0 Å². The Bertz CT molecular complexity index is 406. The van der Waals surface area contributed by atoms with Crippen LogP contribution in [-0.2, 0) is 4.79 Å². The van der Waals surface area contributed by atoms with Gasteiger partial charge < -0.3 is 20.3 Å². The van der Waals surface area contributed by atoms with E-state index in [1.165, 1.54) is 0 Å². The van der Waals surface area contributed by atoms with E-state index >= 15 is 0 Å². The van der Waals surface area contributed by atoms with E-state index < -0.39 is 18.1 Å². The van der Waals surface area contributed by atoms with Crippen LogP contribution >= 0.6 is 15.9 Å². The molecule has 3 N–H and O–H groups in total. The molecule has 106 valence electrons. The molecular formula is C14H20BrNO3. The number of rotatable bonds is 7. The number of nitrogens with two attached hydrogens (primary N) is 1. The number of benzene rings is 1. The molecule has 0 aromatic heterocycles. The maximum absolute atomic E-state index is 10.9. The number of aliphatic carboxylic acids is 1. The third-order valence-electron chi connectivity index (χ3n) is 3.11. The van der Waals surface area contributed by atoms with Gasteiger partial charge in [0, 0.05) is 16.8 Å². The second-order valence-electron chi connectivity index (χ2n) is 4.97. The van der Waals surface area contributed by atoms with Crippen LogP contribution in [0.25, 0.3) is 0 Å². The molecule has 1 aromatic carbocycles. The molecule has 0 bridgehead atoms. The van der Waals surface area contributed by atoms with Crippen LogP contribution in [0.4, 0.5) is 0 Å². The van der Waals surface area contributed by atoms with E-state index in [1.807, 2.05) is 38.1 Å². The van der Waals surface area contributed by atoms with E-state index in [1.54, 1.807) is 5.32 Å². The van der Waals surface area contributed by atoms with Gasteiger partial charge in [-0.15, -0.1) is 0 Å². The van der Waals surface area contributed by atoms with E-state index in [4.69, 9.17) is 0 Å². The third kappa shape index (κ3) is 5.30. The highest BCUT2D eigenvalue weighted by atomic mass is 79.9. The molecule has 0 spiro atoms. The second kappa shape index (κ2) is 7.62. The summed E-state index contributed by atoms with van der Waals surface area (Å²) in [4.78, 5) is 10.9. The van der Waals surface area contributed by atoms with Crippen LogP contribution in [0.2, 0.25) is 0 Å². The summed E-state index contributed by atoms with van der Waals surface area (Å²) in [6.45, 7) is 4.25. The zero-order valence-corrected chi connectivity index (χ0v) is 12.8. The Morgan fingerprint density at radius 1 is 1.37 bits per heavy atom. The summed E-state index contributed by atoms with van der Waals surface area (Å²) in [5, 5.41) is 22.6. The number of aliphatic hydroxyl groups excluding tert-OH is 1. The molecule has 0 aliphatic rings. The van der Waals surface area contributed by atoms with Crippen molar-refractivity contribution in [1.82, 2.24) is 0 Å². The lowest BCUT2D eigenvalue weighted by Crippen LogP contribution is -2.94. The Labute approximate surface area is 122 Å². The van der Waals surface area contributed by atoms with Crippen molar-refractivity contribution in [3.8, 4) is 0 Å². The van der Waals surface area contributed by atoms with Crippen molar-refractivity contribution in [3.63, 3.8) is 0 Å². The number of quaternary nitrogens is 1. The van der Waals surface area contributed by atoms with Gasteiger partial charge >= 0.3 is 0 Å². The summed E-state index contributed by atoms with van der Waals surface area (Å²) >= 11 is 3.34. The van der Waals surface area contributed by atoms with Crippen molar-refractivity contribution in [2.45, 2.75) is 32.4 Å². The predicted octanol–water partition coefficient (Wildman–Crippen LogP) is 0.210. The number of hydrogen-bond acceptors (Lipinski definition) is 3. The van der Waals surface area contributed by atoms with Crippen molar-refractivity contribution >= 4 is 21.9 Å². The van der Waals surface area contributed by atoms with Crippen LogP contribution in [-0.4, -0.2) is 23.7 Å². The lowest BCUT2D eigenvalue weighted by atomic mass is 10.0. The molecule has 0 radical (unpaired) electrons. The van der Waals surface area contributed by atoms with Crippen LogP contribution in [0, 0.1) is 5.92 Å². The molecule has 0 unspecified atom stereocenters. The molecule has 19 heavy (non-hydrogen) atoms. The maximum atomic E-state index is 10.9. The normalized spacial score (nSPS) is 14.4. The minimum atomic E-state index is -1.05. The van der Waals surface area contributed by atoms with E-state index in [0.29, 0.717) is 13.0 Å². The molecule has 0 aliphatic carbocycles. The van der Waals surface area contributed by atoms with Crippen molar-refractivity contribution in [2.24, 2.45) is 5.92 Å². The van der Waals surface area contributed by atoms with Crippen LogP contribution < -0.4 is 10.4 Å². The monoisotopic (exact) mass is 329 g/mol. The van der Waals surface area contributed by atoms with E-state index in [0.717, 1.165) is 10.0 Å². The number of aliphatic hydroxyl groups is 1. The Kier molecular flexibility index (Phi) is 6.48. The van der Waals surface area contributed by atoms with E-state index in [2.05, 4.69) is 15.9 Å². The van der Waals surface area contributed by atoms with Crippen molar-refractivity contribution in [1.29, 1.82) is 0 Å². The maximum Gasteiger partial charge on any atom is 0.128 e. The minimum Gasteiger partial charge on any atom is -0.544 e. The summed E-state index contributed by atoms with van der Waals surface area (Å²) in [5.41, 5.74) is 0.839. The van der Waals surface area contributed by atoms with Crippen molar-refractivity contribution in [3.05, 3.63) is 34.3 Å². The first kappa shape index (κ1) is 16.1. The topological polar surface area (TPSA) is 77.0 Å². The summed E-state index contributed by atoms with van der Waals surface area (Å²) in [5.74, 6) is -1.04. The summed E-state index contributed by atoms with van der Waals surface area (Å²) in [7, 11) is 0. The van der Waals surface area contributed by atoms with Gasteiger partial charge in [0.2, 0.25) is 0 Å². The molecule has 0 saturated heterocycles. The molecule has 0 amide bonds. The SMILES string of the molecule is CC(C)[C@@H]([NH2+]CC[C@@H](O)c1ccc(Br)cc1)C(=O)[O-]. The minimum absolute atomic E-state index is 0.00910. The Hall–Kier alpha value is -0.910. The zero-order valence-electron chi connectivity index (χ0n) is 11.2. The molecule has 5 heteroatoms. The standard InChI is InChI=1S/C14H20BrNO3/c1-9(2)13(14(18)19)16-8-7-12(17)10-3-5-11(15)6-4-10/h3-6,9,12-13,16-17H,7-8H2,1-2H3,(H,18,19)/t12-,13-/m1/s1. The smallest absolute Gasteiger partial charge is 0.128 e. The summed E-state index contributed by atoms with van der Waals surface area (Å²) in [6.07, 6.45) is -0.0584. The fourth-order valence-corrected chi connectivity index (χ4v) is 2.19. The Balaban J connectivity index is 2.44. The molecule has 0 heterocycles. The largest absolute Gasteiger partial charge is 0.544 e. The molecule has 1 aromatic rings. The highest BCUT2D eigenvalue weighted by Crippen LogP contribution is 2.18. The molecule has 2 atom stereocenters. The molecule has 0 aliphatic heterocycles. The van der Waals surface area contributed by atoms with Gasteiger partial charge in [-0.3, -0.25) is 0 Å². The van der Waals surface area contributed by atoms with Crippen LogP contribution in [0.5, 0.6) is 0 Å². The highest BCUT2D eigenvalue weighted by molar-refractivity contribution is 9.10. The van der Waals surface area contributed by atoms with E-state index in [-0.39, 0.29) is 5.92 Å². The van der Waals surface area contributed by atoms with Crippen molar-refractivity contribution < 1.29 is 20.3 Å². The fourth-order valence-electron chi connectivity index (χ4n) is 1.93. The van der Waals surface area contributed by atoms with Gasteiger partial charge in [0.25, 0.3) is 0 Å². The average molecular weight is 330 g/mol. The number of halogens is 1. The van der Waals surface area contributed by atoms with Gasteiger partial charge in [0.05, 0.1) is 18.6 Å². The Morgan fingerprint density at radius 2 is 1.95 bits per heavy atom. The zero-order chi connectivity index (χ0) is 14.4. The summed E-state index contributed by atoms with van der Waals surface area (Å²) < 4.78 is 0.965. The average Bonchev–Trinajstić information content (AvgIpc) is 2.34. The quantitative estimate of drug-likeness (QED) is 0.750. The first-order valence-electron chi connectivity index (χ1n) is 6.39. The van der Waals surface area contributed by atoms with Crippen LogP contribution in [0.1, 0.15) is 31.9 Å². The number of carboxylic acids is 1. The number of carboxylic acid groups (broad SMARTS) is 1. The van der Waals surface area contributed by atoms with Gasteiger partial charge in [0.1, 0.15) is 6.04 Å². The molecule has 1 rings (SSSR count). The first-order valence-corrected chi connectivity index (χ1v) is 7.19. The van der Waals surface area contributed by atoms with Gasteiger partial charge in [-0.1, -0.05) is 41.9 Å². The number of carbonyl (C=O) groups excluding carboxylic acids is 1. The second-order valence-corrected chi connectivity index (χ2v) is 5.88. The third-order valence-corrected chi connectivity index (χ3v) is 3.63. The summed E-state index contributed by atoms with van der Waals surface area (Å²) in [6, 6.07) is 6.90. The molecule has 0 fully saturated rings. The van der Waals surface area contributed by atoms with E-state index in [9.17, 15) is 15.0 Å². The first-order chi connectivity index (χ1) is 8.91. The molecule has 0 saturated carbocycles. The van der Waals surface area contributed by atoms with Crippen LogP contribution in [0.3, 0.4) is 0 Å². The van der Waals surface area contributed by atoms with Gasteiger partial charge in [-0.05, 0) is 17.7 Å².